The summed E-state index contributed by atoms with van der Waals surface area (Å²) >= 11 is 0. The van der Waals surface area contributed by atoms with Crippen molar-refractivity contribution in [2.45, 2.75) is 51.2 Å². The summed E-state index contributed by atoms with van der Waals surface area (Å²) in [5, 5.41) is 19.2. The van der Waals surface area contributed by atoms with Gasteiger partial charge in [0.2, 0.25) is 5.91 Å². The summed E-state index contributed by atoms with van der Waals surface area (Å²) in [6, 6.07) is 11.5. The quantitative estimate of drug-likeness (QED) is 0.435. The van der Waals surface area contributed by atoms with E-state index in [1.165, 1.54) is 17.0 Å². The first kappa shape index (κ1) is 31.1. The minimum Gasteiger partial charge on any atom is -0.465 e. The third kappa shape index (κ3) is 5.78. The van der Waals surface area contributed by atoms with E-state index >= 15 is 0 Å². The second-order valence-electron chi connectivity index (χ2n) is 13.0. The van der Waals surface area contributed by atoms with Gasteiger partial charge in [0.05, 0.1) is 29.6 Å². The van der Waals surface area contributed by atoms with Gasteiger partial charge in [0.25, 0.3) is 5.91 Å². The van der Waals surface area contributed by atoms with Gasteiger partial charge in [0.1, 0.15) is 11.6 Å². The van der Waals surface area contributed by atoms with E-state index in [9.17, 15) is 33.5 Å². The second kappa shape index (κ2) is 11.8. The molecule has 0 unspecified atom stereocenters. The number of aromatic nitrogens is 1. The second-order valence-corrected chi connectivity index (χ2v) is 13.0. The fraction of sp³-hybridized carbons (Fsp3) is 0.382. The number of rotatable bonds is 6. The zero-order valence-electron chi connectivity index (χ0n) is 25.8. The van der Waals surface area contributed by atoms with E-state index in [0.29, 0.717) is 47.6 Å². The van der Waals surface area contributed by atoms with Gasteiger partial charge in [-0.2, -0.15) is 5.26 Å². The van der Waals surface area contributed by atoms with Crippen LogP contribution in [0.25, 0.3) is 0 Å². The predicted octanol–water partition coefficient (Wildman–Crippen LogP) is 4.16. The number of fused-ring (bicyclic) bond motifs is 2. The molecule has 4 heterocycles. The number of hydrogen-bond donors (Lipinski definition) is 1. The number of nitrogens with zero attached hydrogens (tertiary/aromatic N) is 6. The normalized spacial score (nSPS) is 20.4. The molecule has 1 saturated heterocycles. The van der Waals surface area contributed by atoms with Gasteiger partial charge in [-0.05, 0) is 53.9 Å². The zero-order valence-corrected chi connectivity index (χ0v) is 25.8. The molecule has 1 N–H and O–H groups in total. The number of anilines is 1. The molecule has 0 spiro atoms. The van der Waals surface area contributed by atoms with Gasteiger partial charge in [-0.3, -0.25) is 19.5 Å². The number of halogens is 2. The van der Waals surface area contributed by atoms with E-state index in [-0.39, 0.29) is 43.9 Å². The molecule has 0 radical (unpaired) electrons. The first-order chi connectivity index (χ1) is 21.8. The molecule has 3 aliphatic heterocycles. The van der Waals surface area contributed by atoms with Crippen molar-refractivity contribution in [3.8, 4) is 6.07 Å². The van der Waals surface area contributed by atoms with Gasteiger partial charge in [-0.1, -0.05) is 19.9 Å². The predicted molar refractivity (Wildman–Crippen MR) is 164 cm³/mol. The van der Waals surface area contributed by atoms with E-state index < -0.39 is 29.2 Å². The third-order valence-electron chi connectivity index (χ3n) is 9.20. The molecule has 3 aromatic rings. The lowest BCUT2D eigenvalue weighted by molar-refractivity contribution is -0.121. The van der Waals surface area contributed by atoms with Gasteiger partial charge in [-0.15, -0.1) is 0 Å². The van der Waals surface area contributed by atoms with Crippen LogP contribution >= 0.6 is 0 Å². The van der Waals surface area contributed by atoms with Crippen molar-refractivity contribution in [2.24, 2.45) is 0 Å². The van der Waals surface area contributed by atoms with Gasteiger partial charge < -0.3 is 19.8 Å². The van der Waals surface area contributed by atoms with Crippen molar-refractivity contribution in [3.63, 3.8) is 0 Å². The first-order valence-electron chi connectivity index (χ1n) is 15.1. The zero-order chi connectivity index (χ0) is 32.9. The number of amides is 3. The number of carbonyl (C=O) groups excluding carboxylic acids is 2. The molecule has 3 amide bonds. The number of carboxylic acid groups (broad SMARTS) is 1. The fourth-order valence-electron chi connectivity index (χ4n) is 6.84. The van der Waals surface area contributed by atoms with Crippen molar-refractivity contribution in [3.05, 3.63) is 93.8 Å². The average Bonchev–Trinajstić information content (AvgIpc) is 3.46. The molecule has 0 bridgehead atoms. The van der Waals surface area contributed by atoms with E-state index in [1.807, 2.05) is 24.8 Å². The van der Waals surface area contributed by atoms with Gasteiger partial charge in [0.15, 0.2) is 0 Å². The van der Waals surface area contributed by atoms with E-state index in [1.54, 1.807) is 41.1 Å². The van der Waals surface area contributed by atoms with Crippen LogP contribution in [0.15, 0.2) is 48.7 Å². The molecule has 0 aliphatic carbocycles. The van der Waals surface area contributed by atoms with Crippen LogP contribution in [-0.4, -0.2) is 87.5 Å². The Morgan fingerprint density at radius 1 is 1.13 bits per heavy atom. The summed E-state index contributed by atoms with van der Waals surface area (Å²) in [4.78, 5) is 50.7. The Labute approximate surface area is 265 Å². The highest BCUT2D eigenvalue weighted by atomic mass is 19.1. The molecule has 10 nitrogen and oxygen atoms in total. The molecule has 2 aromatic carbocycles. The van der Waals surface area contributed by atoms with Crippen LogP contribution in [0, 0.1) is 23.0 Å². The van der Waals surface area contributed by atoms with Crippen LogP contribution in [0.1, 0.15) is 59.1 Å². The number of nitriles is 1. The van der Waals surface area contributed by atoms with Gasteiger partial charge in [0, 0.05) is 74.5 Å². The molecule has 46 heavy (non-hydrogen) atoms. The molecular weight excluding hydrogens is 594 g/mol. The molecule has 12 heteroatoms. The lowest BCUT2D eigenvalue weighted by atomic mass is 9.91. The highest BCUT2D eigenvalue weighted by molar-refractivity contribution is 5.99. The molecule has 3 aliphatic rings. The highest BCUT2D eigenvalue weighted by Crippen LogP contribution is 2.40. The number of pyridine rings is 1. The minimum absolute atomic E-state index is 0.0115. The highest BCUT2D eigenvalue weighted by Gasteiger charge is 2.43. The number of benzene rings is 2. The van der Waals surface area contributed by atoms with Crippen LogP contribution in [0.3, 0.4) is 0 Å². The summed E-state index contributed by atoms with van der Waals surface area (Å²) in [6.45, 7) is 7.06. The molecule has 238 valence electrons. The van der Waals surface area contributed by atoms with Crippen molar-refractivity contribution < 1.29 is 28.3 Å². The number of piperazine rings is 1. The molecule has 6 rings (SSSR count). The number of carbonyl (C=O) groups is 3. The Morgan fingerprint density at radius 2 is 1.91 bits per heavy atom. The smallest absolute Gasteiger partial charge is 0.407 e. The average molecular weight is 629 g/mol. The Morgan fingerprint density at radius 3 is 2.63 bits per heavy atom. The van der Waals surface area contributed by atoms with Crippen LogP contribution in [0.5, 0.6) is 0 Å². The maximum Gasteiger partial charge on any atom is 0.407 e. The van der Waals surface area contributed by atoms with Crippen LogP contribution in [-0.2, 0) is 23.2 Å². The summed E-state index contributed by atoms with van der Waals surface area (Å²) in [5.41, 5.74) is 3.62. The van der Waals surface area contributed by atoms with Crippen molar-refractivity contribution >= 4 is 23.6 Å². The first-order valence-corrected chi connectivity index (χ1v) is 15.1. The summed E-state index contributed by atoms with van der Waals surface area (Å²) in [6.07, 6.45) is 0.767. The standard InChI is InChI=1S/C34H34F2N6O4/c1-20-14-39(26(17-41(20)33(45)46)16-40-15-24-8-21(12-37)4-7-27(24)32(40)44)18-30(43)42-19-34(2,3)31-29(42)10-22(13-38-31)9-23-5-6-25(35)11-28(23)36/h4-8,10-11,13,20,26H,9,14-19H2,1-3H3,(H,45,46)/t20-,26+/m1/s1. The topological polar surface area (TPSA) is 121 Å². The lowest BCUT2D eigenvalue weighted by Gasteiger charge is -2.45. The third-order valence-corrected chi connectivity index (χ3v) is 9.20. The SMILES string of the molecule is C[C@@H]1CN(CC(=O)N2CC(C)(C)c3ncc(Cc4ccc(F)cc4F)cc32)[C@@H](CN2Cc3cc(C#N)ccc3C2=O)CN1C(=O)O. The maximum absolute atomic E-state index is 14.4. The molecular formula is C34H34F2N6O4. The summed E-state index contributed by atoms with van der Waals surface area (Å²) in [5.74, 6) is -1.71. The lowest BCUT2D eigenvalue weighted by Crippen LogP contribution is -2.63. The largest absolute Gasteiger partial charge is 0.465 e. The van der Waals surface area contributed by atoms with Crippen LogP contribution in [0.2, 0.25) is 0 Å². The van der Waals surface area contributed by atoms with Gasteiger partial charge >= 0.3 is 6.09 Å². The van der Waals surface area contributed by atoms with E-state index in [2.05, 4.69) is 11.1 Å². The minimum atomic E-state index is -1.07. The Bertz CT molecular complexity index is 1790. The molecule has 2 atom stereocenters. The Hall–Kier alpha value is -4.89. The monoisotopic (exact) mass is 628 g/mol. The molecule has 0 saturated carbocycles. The van der Waals surface area contributed by atoms with Gasteiger partial charge in [-0.25, -0.2) is 13.6 Å². The molecule has 1 aromatic heterocycles. The van der Waals surface area contributed by atoms with Crippen molar-refractivity contribution in [2.75, 3.05) is 37.6 Å². The fourth-order valence-corrected chi connectivity index (χ4v) is 6.84. The summed E-state index contributed by atoms with van der Waals surface area (Å²) in [7, 11) is 0. The van der Waals surface area contributed by atoms with Crippen molar-refractivity contribution in [1.82, 2.24) is 19.7 Å². The maximum atomic E-state index is 14.4. The van der Waals surface area contributed by atoms with Crippen LogP contribution < -0.4 is 4.90 Å². The van der Waals surface area contributed by atoms with Crippen LogP contribution in [0.4, 0.5) is 19.3 Å². The Balaban J connectivity index is 1.23. The Kier molecular flexibility index (Phi) is 7.98. The van der Waals surface area contributed by atoms with E-state index in [4.69, 9.17) is 0 Å². The summed E-state index contributed by atoms with van der Waals surface area (Å²) < 4.78 is 27.9. The molecule has 1 fully saturated rings. The number of hydrogen-bond acceptors (Lipinski definition) is 6. The van der Waals surface area contributed by atoms with E-state index in [0.717, 1.165) is 17.3 Å². The van der Waals surface area contributed by atoms with Crippen molar-refractivity contribution in [1.29, 1.82) is 5.26 Å².